The van der Waals surface area contributed by atoms with Gasteiger partial charge in [-0.25, -0.2) is 4.98 Å². The van der Waals surface area contributed by atoms with Crippen LogP contribution in [0.25, 0.3) is 10.6 Å². The van der Waals surface area contributed by atoms with E-state index in [-0.39, 0.29) is 6.04 Å². The molecule has 1 atom stereocenters. The van der Waals surface area contributed by atoms with Crippen molar-refractivity contribution in [1.29, 1.82) is 0 Å². The van der Waals surface area contributed by atoms with Crippen LogP contribution in [0.2, 0.25) is 0 Å². The van der Waals surface area contributed by atoms with E-state index in [1.54, 1.807) is 29.8 Å². The second-order valence-electron chi connectivity index (χ2n) is 6.61. The topological polar surface area (TPSA) is 34.1 Å². The zero-order valence-electron chi connectivity index (χ0n) is 15.9. The lowest BCUT2D eigenvalue weighted by Crippen LogP contribution is -2.21. The number of methoxy groups -OCH3 is 1. The molecular formula is C23H22N2OS2. The van der Waals surface area contributed by atoms with Crippen molar-refractivity contribution in [2.24, 2.45) is 0 Å². The Morgan fingerprint density at radius 2 is 1.79 bits per heavy atom. The Labute approximate surface area is 173 Å². The molecule has 0 aliphatic heterocycles. The first kappa shape index (κ1) is 18.9. The van der Waals surface area contributed by atoms with Gasteiger partial charge < -0.3 is 4.74 Å². The molecule has 28 heavy (non-hydrogen) atoms. The van der Waals surface area contributed by atoms with E-state index in [0.29, 0.717) is 0 Å². The summed E-state index contributed by atoms with van der Waals surface area (Å²) in [5.41, 5.74) is 4.73. The van der Waals surface area contributed by atoms with E-state index < -0.39 is 0 Å². The van der Waals surface area contributed by atoms with Crippen molar-refractivity contribution in [2.75, 3.05) is 7.11 Å². The van der Waals surface area contributed by atoms with Crippen molar-refractivity contribution in [3.05, 3.63) is 93.1 Å². The molecule has 5 heteroatoms. The summed E-state index contributed by atoms with van der Waals surface area (Å²) in [6, 6.07) is 21.3. The third-order valence-corrected chi connectivity index (χ3v) is 6.49. The monoisotopic (exact) mass is 406 g/mol. The predicted octanol–water partition coefficient (Wildman–Crippen LogP) is 6.07. The van der Waals surface area contributed by atoms with Gasteiger partial charge in [-0.2, -0.15) is 0 Å². The molecule has 0 fully saturated rings. The summed E-state index contributed by atoms with van der Waals surface area (Å²) in [7, 11) is 1.68. The fourth-order valence-corrected chi connectivity index (χ4v) is 4.71. The molecule has 1 N–H and O–H groups in total. The number of hydrogen-bond acceptors (Lipinski definition) is 5. The summed E-state index contributed by atoms with van der Waals surface area (Å²) in [6.07, 6.45) is 0. The summed E-state index contributed by atoms with van der Waals surface area (Å²) < 4.78 is 5.23. The molecule has 142 valence electrons. The molecule has 0 aliphatic carbocycles. The van der Waals surface area contributed by atoms with E-state index in [1.165, 1.54) is 16.0 Å². The van der Waals surface area contributed by atoms with Crippen LogP contribution in [0.4, 0.5) is 0 Å². The number of aryl methyl sites for hydroxylation is 1. The number of benzene rings is 2. The number of aromatic nitrogens is 1. The van der Waals surface area contributed by atoms with Gasteiger partial charge in [0.05, 0.1) is 18.8 Å². The minimum atomic E-state index is 0.173. The molecule has 2 aromatic heterocycles. The number of rotatable bonds is 7. The summed E-state index contributed by atoms with van der Waals surface area (Å²) in [5, 5.41) is 8.98. The highest BCUT2D eigenvalue weighted by atomic mass is 32.1. The second-order valence-corrected chi connectivity index (χ2v) is 8.45. The van der Waals surface area contributed by atoms with E-state index >= 15 is 0 Å². The summed E-state index contributed by atoms with van der Waals surface area (Å²) >= 11 is 3.45. The maximum absolute atomic E-state index is 5.23. The van der Waals surface area contributed by atoms with Crippen molar-refractivity contribution in [2.45, 2.75) is 19.5 Å². The Hall–Kier alpha value is -2.47. The predicted molar refractivity (Wildman–Crippen MR) is 118 cm³/mol. The van der Waals surface area contributed by atoms with E-state index in [0.717, 1.165) is 28.6 Å². The molecular weight excluding hydrogens is 384 g/mol. The summed E-state index contributed by atoms with van der Waals surface area (Å²) in [5.74, 6) is 0.860. The molecule has 0 unspecified atom stereocenters. The van der Waals surface area contributed by atoms with Crippen molar-refractivity contribution in [3.63, 3.8) is 0 Å². The lowest BCUT2D eigenvalue weighted by Gasteiger charge is -2.17. The minimum Gasteiger partial charge on any atom is -0.497 e. The van der Waals surface area contributed by atoms with Gasteiger partial charge in [0.25, 0.3) is 0 Å². The van der Waals surface area contributed by atoms with Crippen LogP contribution in [0.3, 0.4) is 0 Å². The van der Waals surface area contributed by atoms with Crippen LogP contribution in [0, 0.1) is 6.92 Å². The van der Waals surface area contributed by atoms with Crippen LogP contribution in [-0.4, -0.2) is 12.1 Å². The van der Waals surface area contributed by atoms with Crippen LogP contribution in [0.1, 0.15) is 27.7 Å². The third kappa shape index (κ3) is 4.33. The highest BCUT2D eigenvalue weighted by Gasteiger charge is 2.15. The Morgan fingerprint density at radius 1 is 1.00 bits per heavy atom. The first-order chi connectivity index (χ1) is 13.7. The first-order valence-electron chi connectivity index (χ1n) is 9.15. The maximum Gasteiger partial charge on any atom is 0.123 e. The SMILES string of the molecule is COc1ccc(-c2nc(CN[C@H](c3ccc(C)cc3)c3cccs3)cs2)cc1. The molecule has 0 radical (unpaired) electrons. The van der Waals surface area contributed by atoms with Gasteiger partial charge >= 0.3 is 0 Å². The van der Waals surface area contributed by atoms with Crippen molar-refractivity contribution in [1.82, 2.24) is 10.3 Å². The van der Waals surface area contributed by atoms with E-state index in [9.17, 15) is 0 Å². The number of ether oxygens (including phenoxy) is 1. The van der Waals surface area contributed by atoms with Gasteiger partial charge in [0.1, 0.15) is 10.8 Å². The molecule has 0 bridgehead atoms. The third-order valence-electron chi connectivity index (χ3n) is 4.61. The van der Waals surface area contributed by atoms with Crippen molar-refractivity contribution >= 4 is 22.7 Å². The zero-order chi connectivity index (χ0) is 19.3. The van der Waals surface area contributed by atoms with Gasteiger partial charge in [-0.3, -0.25) is 5.32 Å². The van der Waals surface area contributed by atoms with Gasteiger partial charge in [-0.15, -0.1) is 22.7 Å². The second kappa shape index (κ2) is 8.69. The lowest BCUT2D eigenvalue weighted by atomic mass is 10.0. The van der Waals surface area contributed by atoms with E-state index in [4.69, 9.17) is 9.72 Å². The van der Waals surface area contributed by atoms with E-state index in [1.807, 2.05) is 12.1 Å². The number of nitrogens with one attached hydrogen (secondary N) is 1. The summed E-state index contributed by atoms with van der Waals surface area (Å²) in [6.45, 7) is 2.84. The Bertz CT molecular complexity index is 1010. The molecule has 0 aliphatic rings. The lowest BCUT2D eigenvalue weighted by molar-refractivity contribution is 0.415. The molecule has 2 aromatic carbocycles. The number of nitrogens with zero attached hydrogens (tertiary/aromatic N) is 1. The molecule has 4 aromatic rings. The van der Waals surface area contributed by atoms with Crippen molar-refractivity contribution in [3.8, 4) is 16.3 Å². The van der Waals surface area contributed by atoms with Gasteiger partial charge in [0.15, 0.2) is 0 Å². The van der Waals surface area contributed by atoms with Crippen molar-refractivity contribution < 1.29 is 4.74 Å². The normalized spacial score (nSPS) is 12.1. The van der Waals surface area contributed by atoms with E-state index in [2.05, 4.69) is 71.5 Å². The molecule has 0 amide bonds. The molecule has 4 rings (SSSR count). The smallest absolute Gasteiger partial charge is 0.123 e. The number of thiophene rings is 1. The van der Waals surface area contributed by atoms with Gasteiger partial charge in [0.2, 0.25) is 0 Å². The Balaban J connectivity index is 1.50. The quantitative estimate of drug-likeness (QED) is 0.404. The standard InChI is InChI=1S/C23H22N2OS2/c1-16-5-7-17(8-6-16)22(21-4-3-13-27-21)24-14-19-15-28-23(25-19)18-9-11-20(26-2)12-10-18/h3-13,15,22,24H,14H2,1-2H3/t22-/m1/s1. The van der Waals surface area contributed by atoms with Crippen LogP contribution < -0.4 is 10.1 Å². The molecule has 0 saturated heterocycles. The number of thiazole rings is 1. The molecule has 0 saturated carbocycles. The molecule has 3 nitrogen and oxygen atoms in total. The highest BCUT2D eigenvalue weighted by molar-refractivity contribution is 7.13. The fourth-order valence-electron chi connectivity index (χ4n) is 3.06. The van der Waals surface area contributed by atoms with Crippen LogP contribution in [-0.2, 0) is 6.54 Å². The fraction of sp³-hybridized carbons (Fsp3) is 0.174. The summed E-state index contributed by atoms with van der Waals surface area (Å²) in [4.78, 5) is 6.13. The largest absolute Gasteiger partial charge is 0.497 e. The number of hydrogen-bond donors (Lipinski definition) is 1. The van der Waals surface area contributed by atoms with Crippen LogP contribution >= 0.6 is 22.7 Å². The van der Waals surface area contributed by atoms with Gasteiger partial charge in [-0.1, -0.05) is 35.9 Å². The average Bonchev–Trinajstić information content (AvgIpc) is 3.42. The maximum atomic E-state index is 5.23. The molecule has 2 heterocycles. The van der Waals surface area contributed by atoms with Crippen LogP contribution in [0.15, 0.2) is 71.4 Å². The zero-order valence-corrected chi connectivity index (χ0v) is 17.5. The molecule has 0 spiro atoms. The first-order valence-corrected chi connectivity index (χ1v) is 10.9. The minimum absolute atomic E-state index is 0.173. The highest BCUT2D eigenvalue weighted by Crippen LogP contribution is 2.28. The van der Waals surface area contributed by atoms with Gasteiger partial charge in [0, 0.05) is 22.4 Å². The average molecular weight is 407 g/mol. The Morgan fingerprint density at radius 3 is 2.46 bits per heavy atom. The van der Waals surface area contributed by atoms with Crippen LogP contribution in [0.5, 0.6) is 5.75 Å². The van der Waals surface area contributed by atoms with Gasteiger partial charge in [-0.05, 0) is 48.2 Å². The Kier molecular flexibility index (Phi) is 5.86.